The summed E-state index contributed by atoms with van der Waals surface area (Å²) in [6.07, 6.45) is 4.75. The predicted molar refractivity (Wildman–Crippen MR) is 123 cm³/mol. The number of rotatable bonds is 5. The average Bonchev–Trinajstić information content (AvgIpc) is 3.31. The van der Waals surface area contributed by atoms with E-state index in [1.807, 2.05) is 72.6 Å². The van der Waals surface area contributed by atoms with Gasteiger partial charge in [-0.3, -0.25) is 9.78 Å². The van der Waals surface area contributed by atoms with Crippen LogP contribution in [0.1, 0.15) is 22.3 Å². The van der Waals surface area contributed by atoms with E-state index in [0.29, 0.717) is 24.4 Å². The first kappa shape index (κ1) is 19.0. The summed E-state index contributed by atoms with van der Waals surface area (Å²) in [5.74, 6) is 1.23. The predicted octanol–water partition coefficient (Wildman–Crippen LogP) is 4.77. The van der Waals surface area contributed by atoms with E-state index in [4.69, 9.17) is 4.42 Å². The first-order valence-electron chi connectivity index (χ1n) is 11.1. The second-order valence-corrected chi connectivity index (χ2v) is 8.84. The normalized spacial score (nSPS) is 21.5. The van der Waals surface area contributed by atoms with Gasteiger partial charge in [-0.05, 0) is 55.0 Å². The maximum absolute atomic E-state index is 13.8. The number of nitrogens with zero attached hydrogens (tertiary/aromatic N) is 3. The number of carbonyl (C=O) groups is 1. The second-order valence-electron chi connectivity index (χ2n) is 8.84. The largest absolute Gasteiger partial charge is 0.424 e. The Balaban J connectivity index is 1.26. The molecule has 1 saturated heterocycles. The maximum Gasteiger partial charge on any atom is 0.295 e. The van der Waals surface area contributed by atoms with Gasteiger partial charge in [-0.2, -0.15) is 4.98 Å². The molecule has 1 aliphatic carbocycles. The van der Waals surface area contributed by atoms with Gasteiger partial charge >= 0.3 is 0 Å². The van der Waals surface area contributed by atoms with Gasteiger partial charge in [0, 0.05) is 36.6 Å². The van der Waals surface area contributed by atoms with E-state index in [-0.39, 0.29) is 11.9 Å². The quantitative estimate of drug-likeness (QED) is 0.500. The number of anilines is 1. The molecule has 1 saturated carbocycles. The molecule has 4 aromatic rings. The van der Waals surface area contributed by atoms with Gasteiger partial charge in [-0.15, -0.1) is 0 Å². The van der Waals surface area contributed by atoms with Crippen LogP contribution < -0.4 is 5.32 Å². The van der Waals surface area contributed by atoms with E-state index in [1.165, 1.54) is 6.42 Å². The van der Waals surface area contributed by atoms with Gasteiger partial charge in [0.15, 0.2) is 5.58 Å². The van der Waals surface area contributed by atoms with Gasteiger partial charge in [-0.25, -0.2) is 0 Å². The minimum absolute atomic E-state index is 0.0871. The Morgan fingerprint density at radius 1 is 1.19 bits per heavy atom. The molecule has 2 aromatic carbocycles. The van der Waals surface area contributed by atoms with Crippen LogP contribution in [-0.2, 0) is 0 Å². The second kappa shape index (κ2) is 7.48. The lowest BCUT2D eigenvalue weighted by molar-refractivity contribution is 0.0715. The van der Waals surface area contributed by atoms with E-state index >= 15 is 0 Å². The summed E-state index contributed by atoms with van der Waals surface area (Å²) in [5.41, 5.74) is 5.30. The van der Waals surface area contributed by atoms with Gasteiger partial charge in [0.2, 0.25) is 0 Å². The number of nitrogens with one attached hydrogen (secondary N) is 1. The molecule has 1 N–H and O–H groups in total. The fraction of sp³-hybridized carbons (Fsp3) is 0.269. The molecular formula is C26H24N4O2. The molecule has 0 unspecified atom stereocenters. The lowest BCUT2D eigenvalue weighted by Gasteiger charge is -2.28. The van der Waals surface area contributed by atoms with Crippen molar-refractivity contribution >= 4 is 23.0 Å². The lowest BCUT2D eigenvalue weighted by Crippen LogP contribution is -2.42. The Morgan fingerprint density at radius 2 is 2.09 bits per heavy atom. The number of oxazole rings is 1. The summed E-state index contributed by atoms with van der Waals surface area (Å²) in [5, 5.41) is 3.35. The van der Waals surface area contributed by atoms with Crippen molar-refractivity contribution in [3.63, 3.8) is 0 Å². The SMILES string of the molecule is Cc1ccc(-c2cccnc2)c(C(=O)N2C[C@H]3C[C@H]3[C@H]2CNc2nc3ccccc3o2)c1. The van der Waals surface area contributed by atoms with Crippen molar-refractivity contribution in [2.45, 2.75) is 19.4 Å². The molecule has 2 aliphatic rings. The van der Waals surface area contributed by atoms with Crippen LogP contribution in [0, 0.1) is 18.8 Å². The first-order chi connectivity index (χ1) is 15.7. The number of pyridine rings is 1. The third-order valence-electron chi connectivity index (χ3n) is 6.70. The van der Waals surface area contributed by atoms with Crippen molar-refractivity contribution in [3.05, 3.63) is 78.1 Å². The molecule has 2 aromatic heterocycles. The Bertz CT molecular complexity index is 1270. The monoisotopic (exact) mass is 424 g/mol. The summed E-state index contributed by atoms with van der Waals surface area (Å²) in [6.45, 7) is 3.47. The van der Waals surface area contributed by atoms with Crippen LogP contribution in [-0.4, -0.2) is 39.9 Å². The molecule has 1 aliphatic heterocycles. The Morgan fingerprint density at radius 3 is 2.94 bits per heavy atom. The van der Waals surface area contributed by atoms with Crippen molar-refractivity contribution in [2.24, 2.45) is 11.8 Å². The number of aromatic nitrogens is 2. The van der Waals surface area contributed by atoms with E-state index in [0.717, 1.165) is 39.9 Å². The maximum atomic E-state index is 13.8. The zero-order valence-electron chi connectivity index (χ0n) is 17.9. The number of piperidine rings is 1. The highest BCUT2D eigenvalue weighted by molar-refractivity contribution is 6.01. The minimum atomic E-state index is 0.0871. The van der Waals surface area contributed by atoms with Gasteiger partial charge in [-0.1, -0.05) is 35.9 Å². The molecule has 3 heterocycles. The smallest absolute Gasteiger partial charge is 0.295 e. The number of amides is 1. The Kier molecular flexibility index (Phi) is 4.45. The highest BCUT2D eigenvalue weighted by Gasteiger charge is 2.54. The van der Waals surface area contributed by atoms with Crippen molar-refractivity contribution in [3.8, 4) is 11.1 Å². The molecule has 0 spiro atoms. The summed E-state index contributed by atoms with van der Waals surface area (Å²) < 4.78 is 5.82. The minimum Gasteiger partial charge on any atom is -0.424 e. The van der Waals surface area contributed by atoms with Crippen molar-refractivity contribution < 1.29 is 9.21 Å². The molecule has 3 atom stereocenters. The van der Waals surface area contributed by atoms with Crippen molar-refractivity contribution in [1.82, 2.24) is 14.9 Å². The number of hydrogen-bond donors (Lipinski definition) is 1. The highest BCUT2D eigenvalue weighted by Crippen LogP contribution is 2.50. The zero-order chi connectivity index (χ0) is 21.7. The molecule has 0 bridgehead atoms. The average molecular weight is 425 g/mol. The van der Waals surface area contributed by atoms with Gasteiger partial charge in [0.25, 0.3) is 11.9 Å². The van der Waals surface area contributed by atoms with Crippen LogP contribution in [0.5, 0.6) is 0 Å². The number of hydrogen-bond acceptors (Lipinski definition) is 5. The van der Waals surface area contributed by atoms with Crippen molar-refractivity contribution in [1.29, 1.82) is 0 Å². The van der Waals surface area contributed by atoms with Gasteiger partial charge in [0.05, 0.1) is 6.04 Å². The first-order valence-corrected chi connectivity index (χ1v) is 11.1. The number of aryl methyl sites for hydroxylation is 1. The fourth-order valence-corrected chi connectivity index (χ4v) is 4.97. The number of carbonyl (C=O) groups excluding carboxylic acids is 1. The van der Waals surface area contributed by atoms with E-state index in [9.17, 15) is 4.79 Å². The standard InChI is InChI=1S/C26H24N4O2/c1-16-8-9-19(17-5-4-10-27-13-17)21(11-16)25(31)30-15-18-12-20(18)23(30)14-28-26-29-22-6-2-3-7-24(22)32-26/h2-11,13,18,20,23H,12,14-15H2,1H3,(H,28,29)/t18-,20-,23-/m1/s1. The van der Waals surface area contributed by atoms with Crippen molar-refractivity contribution in [2.75, 3.05) is 18.4 Å². The molecule has 1 amide bonds. The Hall–Kier alpha value is -3.67. The van der Waals surface area contributed by atoms with Crippen LogP contribution in [0.4, 0.5) is 6.01 Å². The number of para-hydroxylation sites is 2. The van der Waals surface area contributed by atoms with Gasteiger partial charge in [0.1, 0.15) is 5.52 Å². The molecule has 2 fully saturated rings. The molecule has 6 nitrogen and oxygen atoms in total. The topological polar surface area (TPSA) is 71.3 Å². The van der Waals surface area contributed by atoms with E-state index in [1.54, 1.807) is 6.20 Å². The number of likely N-dealkylation sites (tertiary alicyclic amines) is 1. The lowest BCUT2D eigenvalue weighted by atomic mass is 9.97. The van der Waals surface area contributed by atoms with Crippen LogP contribution in [0.15, 0.2) is 71.4 Å². The van der Waals surface area contributed by atoms with Crippen LogP contribution in [0.25, 0.3) is 22.2 Å². The molecular weight excluding hydrogens is 400 g/mol. The fourth-order valence-electron chi connectivity index (χ4n) is 4.97. The van der Waals surface area contributed by atoms with Gasteiger partial charge < -0.3 is 14.6 Å². The third kappa shape index (κ3) is 3.32. The van der Waals surface area contributed by atoms with Crippen LogP contribution >= 0.6 is 0 Å². The zero-order valence-corrected chi connectivity index (χ0v) is 17.9. The summed E-state index contributed by atoms with van der Waals surface area (Å²) >= 11 is 0. The summed E-state index contributed by atoms with van der Waals surface area (Å²) in [6, 6.07) is 18.3. The van der Waals surface area contributed by atoms with E-state index < -0.39 is 0 Å². The Labute approximate surface area is 186 Å². The molecule has 32 heavy (non-hydrogen) atoms. The van der Waals surface area contributed by atoms with Crippen LogP contribution in [0.2, 0.25) is 0 Å². The number of fused-ring (bicyclic) bond motifs is 2. The molecule has 6 heteroatoms. The highest BCUT2D eigenvalue weighted by atomic mass is 16.4. The summed E-state index contributed by atoms with van der Waals surface area (Å²) in [7, 11) is 0. The number of benzene rings is 2. The van der Waals surface area contributed by atoms with E-state index in [2.05, 4.69) is 15.3 Å². The summed E-state index contributed by atoms with van der Waals surface area (Å²) in [4.78, 5) is 24.6. The molecule has 0 radical (unpaired) electrons. The molecule has 160 valence electrons. The third-order valence-corrected chi connectivity index (χ3v) is 6.70. The molecule has 6 rings (SSSR count). The van der Waals surface area contributed by atoms with Crippen LogP contribution in [0.3, 0.4) is 0 Å².